The van der Waals surface area contributed by atoms with E-state index in [9.17, 15) is 0 Å². The molecule has 0 bridgehead atoms. The van der Waals surface area contributed by atoms with Gasteiger partial charge in [-0.05, 0) is 39.2 Å². The molecule has 0 radical (unpaired) electrons. The van der Waals surface area contributed by atoms with E-state index in [1.54, 1.807) is 7.11 Å². The number of nitrogens with zero attached hydrogens (tertiary/aromatic N) is 2. The Morgan fingerprint density at radius 3 is 2.88 bits per heavy atom. The van der Waals surface area contributed by atoms with Crippen LogP contribution in [0.2, 0.25) is 0 Å². The highest BCUT2D eigenvalue weighted by Crippen LogP contribution is 2.16. The molecular weight excluding hydrogens is 214 g/mol. The van der Waals surface area contributed by atoms with Gasteiger partial charge in [0.25, 0.3) is 0 Å². The van der Waals surface area contributed by atoms with E-state index in [0.717, 1.165) is 32.7 Å². The lowest BCUT2D eigenvalue weighted by Crippen LogP contribution is -2.36. The summed E-state index contributed by atoms with van der Waals surface area (Å²) in [6, 6.07) is 2.69. The van der Waals surface area contributed by atoms with Crippen molar-refractivity contribution in [3.63, 3.8) is 0 Å². The molecule has 1 rings (SSSR count). The summed E-state index contributed by atoms with van der Waals surface area (Å²) in [7, 11) is 1.76. The van der Waals surface area contributed by atoms with Crippen LogP contribution in [0.1, 0.15) is 26.7 Å². The highest BCUT2D eigenvalue weighted by molar-refractivity contribution is 4.91. The van der Waals surface area contributed by atoms with Crippen molar-refractivity contribution in [2.45, 2.75) is 38.8 Å². The average Bonchev–Trinajstić information content (AvgIpc) is 2.72. The van der Waals surface area contributed by atoms with Gasteiger partial charge < -0.3 is 9.64 Å². The second kappa shape index (κ2) is 7.65. The van der Waals surface area contributed by atoms with Crippen LogP contribution in [0.25, 0.3) is 0 Å². The lowest BCUT2D eigenvalue weighted by molar-refractivity contribution is 0.153. The van der Waals surface area contributed by atoms with Gasteiger partial charge in [-0.1, -0.05) is 0 Å². The topological polar surface area (TPSA) is 48.3 Å². The van der Waals surface area contributed by atoms with Crippen LogP contribution < -0.4 is 5.32 Å². The molecule has 0 aromatic rings. The number of nitrogens with one attached hydrogen (secondary N) is 1. The Kier molecular flexibility index (Phi) is 6.49. The number of nitriles is 1. The molecule has 4 nitrogen and oxygen atoms in total. The van der Waals surface area contributed by atoms with Crippen molar-refractivity contribution < 1.29 is 4.74 Å². The number of methoxy groups -OCH3 is 1. The van der Waals surface area contributed by atoms with Crippen molar-refractivity contribution in [1.82, 2.24) is 10.2 Å². The number of hydrogen-bond donors (Lipinski definition) is 1. The zero-order chi connectivity index (χ0) is 12.7. The van der Waals surface area contributed by atoms with Gasteiger partial charge in [-0.3, -0.25) is 5.32 Å². The fraction of sp³-hybridized carbons (Fsp3) is 0.923. The number of ether oxygens (including phenoxy) is 1. The Labute approximate surface area is 105 Å². The van der Waals surface area contributed by atoms with Gasteiger partial charge in [0.05, 0.1) is 18.7 Å². The fourth-order valence-corrected chi connectivity index (χ4v) is 2.39. The van der Waals surface area contributed by atoms with Crippen molar-refractivity contribution in [1.29, 1.82) is 5.26 Å². The summed E-state index contributed by atoms with van der Waals surface area (Å²) in [4.78, 5) is 2.44. The summed E-state index contributed by atoms with van der Waals surface area (Å²) in [5.41, 5.74) is 0. The number of rotatable bonds is 7. The minimum absolute atomic E-state index is 0.0172. The van der Waals surface area contributed by atoms with E-state index >= 15 is 0 Å². The van der Waals surface area contributed by atoms with Gasteiger partial charge in [-0.25, -0.2) is 0 Å². The molecule has 1 fully saturated rings. The molecule has 1 N–H and O–H groups in total. The molecule has 4 heteroatoms. The molecule has 2 atom stereocenters. The molecule has 0 aliphatic carbocycles. The SMILES string of the molecule is COCC1CCN(CCC(C#N)NC(C)C)C1. The fourth-order valence-electron chi connectivity index (χ4n) is 2.39. The first-order valence-corrected chi connectivity index (χ1v) is 6.52. The summed E-state index contributed by atoms with van der Waals surface area (Å²) in [5.74, 6) is 0.679. The van der Waals surface area contributed by atoms with Crippen molar-refractivity contribution in [2.24, 2.45) is 5.92 Å². The lowest BCUT2D eigenvalue weighted by Gasteiger charge is -2.19. The number of likely N-dealkylation sites (tertiary alicyclic amines) is 1. The summed E-state index contributed by atoms with van der Waals surface area (Å²) < 4.78 is 5.18. The molecule has 0 amide bonds. The van der Waals surface area contributed by atoms with E-state index in [1.165, 1.54) is 6.42 Å². The van der Waals surface area contributed by atoms with Crippen LogP contribution in [0.3, 0.4) is 0 Å². The monoisotopic (exact) mass is 239 g/mol. The molecule has 1 heterocycles. The molecule has 0 aromatic heterocycles. The molecule has 0 saturated carbocycles. The zero-order valence-corrected chi connectivity index (χ0v) is 11.3. The minimum Gasteiger partial charge on any atom is -0.384 e. The second-order valence-electron chi connectivity index (χ2n) is 5.20. The quantitative estimate of drug-likeness (QED) is 0.726. The third-order valence-electron chi connectivity index (χ3n) is 3.20. The number of hydrogen-bond acceptors (Lipinski definition) is 4. The molecule has 2 unspecified atom stereocenters. The van der Waals surface area contributed by atoms with E-state index in [2.05, 4.69) is 30.1 Å². The van der Waals surface area contributed by atoms with E-state index in [-0.39, 0.29) is 6.04 Å². The Hall–Kier alpha value is -0.630. The standard InChI is InChI=1S/C13H25N3O/c1-11(2)15-13(8-14)5-7-16-6-4-12(9-16)10-17-3/h11-13,15H,4-7,9-10H2,1-3H3. The van der Waals surface area contributed by atoms with Gasteiger partial charge in [0.1, 0.15) is 0 Å². The third-order valence-corrected chi connectivity index (χ3v) is 3.20. The maximum absolute atomic E-state index is 9.03. The van der Waals surface area contributed by atoms with Crippen LogP contribution in [0.5, 0.6) is 0 Å². The predicted octanol–water partition coefficient (Wildman–Crippen LogP) is 1.23. The van der Waals surface area contributed by atoms with E-state index in [0.29, 0.717) is 12.0 Å². The van der Waals surface area contributed by atoms with Crippen molar-refractivity contribution in [3.8, 4) is 6.07 Å². The molecule has 0 aromatic carbocycles. The van der Waals surface area contributed by atoms with Crippen LogP contribution in [0.15, 0.2) is 0 Å². The minimum atomic E-state index is -0.0172. The van der Waals surface area contributed by atoms with E-state index < -0.39 is 0 Å². The van der Waals surface area contributed by atoms with Crippen molar-refractivity contribution in [3.05, 3.63) is 0 Å². The first-order chi connectivity index (χ1) is 8.15. The molecule has 1 aliphatic heterocycles. The highest BCUT2D eigenvalue weighted by Gasteiger charge is 2.22. The molecule has 17 heavy (non-hydrogen) atoms. The molecule has 98 valence electrons. The Balaban J connectivity index is 2.20. The Morgan fingerprint density at radius 2 is 2.29 bits per heavy atom. The van der Waals surface area contributed by atoms with E-state index in [4.69, 9.17) is 10.00 Å². The molecule has 1 saturated heterocycles. The van der Waals surface area contributed by atoms with Gasteiger partial charge in [0.15, 0.2) is 0 Å². The predicted molar refractivity (Wildman–Crippen MR) is 68.7 cm³/mol. The zero-order valence-electron chi connectivity index (χ0n) is 11.3. The maximum Gasteiger partial charge on any atom is 0.0967 e. The van der Waals surface area contributed by atoms with Gasteiger partial charge in [-0.2, -0.15) is 5.26 Å². The normalized spacial score (nSPS) is 22.9. The van der Waals surface area contributed by atoms with Gasteiger partial charge in [0, 0.05) is 26.2 Å². The van der Waals surface area contributed by atoms with Gasteiger partial charge in [0.2, 0.25) is 0 Å². The van der Waals surface area contributed by atoms with E-state index in [1.807, 2.05) is 0 Å². The largest absolute Gasteiger partial charge is 0.384 e. The maximum atomic E-state index is 9.03. The van der Waals surface area contributed by atoms with Gasteiger partial charge >= 0.3 is 0 Å². The van der Waals surface area contributed by atoms with Crippen LogP contribution in [-0.4, -0.2) is 50.3 Å². The Morgan fingerprint density at radius 1 is 1.53 bits per heavy atom. The van der Waals surface area contributed by atoms with Crippen LogP contribution in [0, 0.1) is 17.2 Å². The Bertz CT molecular complexity index is 250. The van der Waals surface area contributed by atoms with Crippen LogP contribution >= 0.6 is 0 Å². The first-order valence-electron chi connectivity index (χ1n) is 6.52. The van der Waals surface area contributed by atoms with Gasteiger partial charge in [-0.15, -0.1) is 0 Å². The second-order valence-corrected chi connectivity index (χ2v) is 5.20. The molecule has 1 aliphatic rings. The molecular formula is C13H25N3O. The smallest absolute Gasteiger partial charge is 0.0967 e. The average molecular weight is 239 g/mol. The van der Waals surface area contributed by atoms with Crippen LogP contribution in [-0.2, 0) is 4.74 Å². The van der Waals surface area contributed by atoms with Crippen LogP contribution in [0.4, 0.5) is 0 Å². The molecule has 0 spiro atoms. The summed E-state index contributed by atoms with van der Waals surface area (Å²) in [5, 5.41) is 12.3. The highest BCUT2D eigenvalue weighted by atomic mass is 16.5. The van der Waals surface area contributed by atoms with Crippen molar-refractivity contribution in [2.75, 3.05) is 33.4 Å². The summed E-state index contributed by atoms with van der Waals surface area (Å²) in [6.07, 6.45) is 2.14. The summed E-state index contributed by atoms with van der Waals surface area (Å²) >= 11 is 0. The third kappa shape index (κ3) is 5.49. The van der Waals surface area contributed by atoms with Crippen molar-refractivity contribution >= 4 is 0 Å². The lowest BCUT2D eigenvalue weighted by atomic mass is 10.1. The summed E-state index contributed by atoms with van der Waals surface area (Å²) in [6.45, 7) is 8.30. The first kappa shape index (κ1) is 14.4.